The van der Waals surface area contributed by atoms with Crippen LogP contribution in [0.25, 0.3) is 11.4 Å². The van der Waals surface area contributed by atoms with Crippen molar-refractivity contribution in [2.45, 2.75) is 23.9 Å². The Bertz CT molecular complexity index is 893. The van der Waals surface area contributed by atoms with Crippen LogP contribution in [0.15, 0.2) is 53.7 Å². The fourth-order valence-electron chi connectivity index (χ4n) is 2.19. The fourth-order valence-corrected chi connectivity index (χ4v) is 3.58. The number of nitrogens with zero attached hydrogens (tertiary/aromatic N) is 4. The molecule has 26 heavy (non-hydrogen) atoms. The first-order valence-electron chi connectivity index (χ1n) is 7.75. The van der Waals surface area contributed by atoms with E-state index >= 15 is 0 Å². The minimum Gasteiger partial charge on any atom is -0.301 e. The van der Waals surface area contributed by atoms with Crippen LogP contribution >= 0.6 is 23.1 Å². The van der Waals surface area contributed by atoms with Crippen molar-refractivity contribution in [2.24, 2.45) is 0 Å². The Morgan fingerprint density at radius 1 is 1.42 bits per heavy atom. The highest BCUT2D eigenvalue weighted by Crippen LogP contribution is 2.27. The normalized spacial score (nSPS) is 11.9. The van der Waals surface area contributed by atoms with Crippen LogP contribution in [0.3, 0.4) is 0 Å². The van der Waals surface area contributed by atoms with Crippen molar-refractivity contribution in [3.8, 4) is 11.4 Å². The largest absolute Gasteiger partial charge is 0.301 e. The highest BCUT2D eigenvalue weighted by molar-refractivity contribution is 8.00. The zero-order valence-electron chi connectivity index (χ0n) is 13.9. The van der Waals surface area contributed by atoms with Crippen LogP contribution in [0.1, 0.15) is 6.92 Å². The molecule has 0 saturated carbocycles. The summed E-state index contributed by atoms with van der Waals surface area (Å²) in [6.07, 6.45) is 3.36. The summed E-state index contributed by atoms with van der Waals surface area (Å²) in [5, 5.41) is 13.7. The van der Waals surface area contributed by atoms with Gasteiger partial charge in [-0.25, -0.2) is 9.37 Å². The summed E-state index contributed by atoms with van der Waals surface area (Å²) >= 11 is 2.65. The monoisotopic (exact) mass is 389 g/mol. The molecule has 2 aromatic heterocycles. The van der Waals surface area contributed by atoms with Gasteiger partial charge in [-0.15, -0.1) is 28.1 Å². The average Bonchev–Trinajstić information content (AvgIpc) is 3.27. The van der Waals surface area contributed by atoms with Crippen LogP contribution in [0.4, 0.5) is 9.52 Å². The standard InChI is InChI=1S/C17H16FN5OS2/c1-3-9-23-14(12-4-6-13(18)7-5-12)21-22-17(23)26-11(2)15(24)20-16-19-8-10-25-16/h3-8,10-11H,1,9H2,2H3,(H,19,20,24). The molecule has 3 rings (SSSR count). The predicted molar refractivity (Wildman–Crippen MR) is 102 cm³/mol. The van der Waals surface area contributed by atoms with Gasteiger partial charge < -0.3 is 5.32 Å². The molecule has 0 aliphatic rings. The van der Waals surface area contributed by atoms with Gasteiger partial charge in [-0.3, -0.25) is 9.36 Å². The van der Waals surface area contributed by atoms with E-state index < -0.39 is 5.25 Å². The van der Waals surface area contributed by atoms with Gasteiger partial charge in [0.05, 0.1) is 5.25 Å². The highest BCUT2D eigenvalue weighted by Gasteiger charge is 2.21. The van der Waals surface area contributed by atoms with Gasteiger partial charge in [0.25, 0.3) is 0 Å². The molecule has 1 aromatic carbocycles. The Hall–Kier alpha value is -2.52. The van der Waals surface area contributed by atoms with Crippen molar-refractivity contribution in [3.63, 3.8) is 0 Å². The van der Waals surface area contributed by atoms with Gasteiger partial charge >= 0.3 is 0 Å². The number of benzene rings is 1. The first-order valence-corrected chi connectivity index (χ1v) is 9.51. The lowest BCUT2D eigenvalue weighted by Gasteiger charge is -2.12. The van der Waals surface area contributed by atoms with E-state index in [-0.39, 0.29) is 11.7 Å². The van der Waals surface area contributed by atoms with Crippen LogP contribution in [0.2, 0.25) is 0 Å². The van der Waals surface area contributed by atoms with Crippen molar-refractivity contribution < 1.29 is 9.18 Å². The third-order valence-corrected chi connectivity index (χ3v) is 5.21. The van der Waals surface area contributed by atoms with Crippen LogP contribution < -0.4 is 5.32 Å². The number of hydrogen-bond donors (Lipinski definition) is 1. The third-order valence-electron chi connectivity index (χ3n) is 3.44. The number of carbonyl (C=O) groups excluding carboxylic acids is 1. The summed E-state index contributed by atoms with van der Waals surface area (Å²) in [7, 11) is 0. The van der Waals surface area contributed by atoms with E-state index in [0.717, 1.165) is 5.56 Å². The molecule has 0 fully saturated rings. The lowest BCUT2D eigenvalue weighted by molar-refractivity contribution is -0.115. The molecule has 0 aliphatic carbocycles. The van der Waals surface area contributed by atoms with Crippen molar-refractivity contribution in [1.29, 1.82) is 0 Å². The van der Waals surface area contributed by atoms with Crippen LogP contribution in [0, 0.1) is 5.82 Å². The van der Waals surface area contributed by atoms with E-state index in [9.17, 15) is 9.18 Å². The molecule has 0 bridgehead atoms. The Morgan fingerprint density at radius 3 is 2.85 bits per heavy atom. The molecule has 0 radical (unpaired) electrons. The predicted octanol–water partition coefficient (Wildman–Crippen LogP) is 3.85. The summed E-state index contributed by atoms with van der Waals surface area (Å²) < 4.78 is 15.0. The van der Waals surface area contributed by atoms with Crippen molar-refractivity contribution in [1.82, 2.24) is 19.7 Å². The first kappa shape index (κ1) is 18.3. The number of rotatable bonds is 7. The maximum absolute atomic E-state index is 13.2. The van der Waals surface area contributed by atoms with E-state index in [1.807, 2.05) is 4.57 Å². The summed E-state index contributed by atoms with van der Waals surface area (Å²) in [6.45, 7) is 6.02. The van der Waals surface area contributed by atoms with E-state index in [4.69, 9.17) is 0 Å². The number of nitrogens with one attached hydrogen (secondary N) is 1. The van der Waals surface area contributed by atoms with Gasteiger partial charge in [0.2, 0.25) is 5.91 Å². The lowest BCUT2D eigenvalue weighted by atomic mass is 10.2. The Labute approximate surface area is 158 Å². The van der Waals surface area contributed by atoms with Gasteiger partial charge in [-0.2, -0.15) is 0 Å². The zero-order chi connectivity index (χ0) is 18.5. The maximum Gasteiger partial charge on any atom is 0.239 e. The Kier molecular flexibility index (Phi) is 5.79. The average molecular weight is 389 g/mol. The summed E-state index contributed by atoms with van der Waals surface area (Å²) in [5.74, 6) is 0.118. The first-order chi connectivity index (χ1) is 12.6. The molecule has 2 heterocycles. The smallest absolute Gasteiger partial charge is 0.239 e. The quantitative estimate of drug-likeness (QED) is 0.491. The van der Waals surface area contributed by atoms with Gasteiger partial charge in [0, 0.05) is 23.7 Å². The number of anilines is 1. The number of aromatic nitrogens is 4. The van der Waals surface area contributed by atoms with E-state index in [1.165, 1.54) is 35.2 Å². The van der Waals surface area contributed by atoms with E-state index in [0.29, 0.717) is 22.7 Å². The number of thioether (sulfide) groups is 1. The zero-order valence-corrected chi connectivity index (χ0v) is 15.6. The Morgan fingerprint density at radius 2 is 2.19 bits per heavy atom. The van der Waals surface area contributed by atoms with Gasteiger partial charge in [0.15, 0.2) is 16.1 Å². The van der Waals surface area contributed by atoms with Gasteiger partial charge in [0.1, 0.15) is 5.82 Å². The topological polar surface area (TPSA) is 72.7 Å². The second-order valence-corrected chi connectivity index (χ2v) is 7.50. The molecular weight excluding hydrogens is 373 g/mol. The molecule has 0 aliphatic heterocycles. The fraction of sp³-hybridized carbons (Fsp3) is 0.176. The van der Waals surface area contributed by atoms with Crippen molar-refractivity contribution in [3.05, 3.63) is 54.3 Å². The second-order valence-electron chi connectivity index (χ2n) is 5.30. The summed E-state index contributed by atoms with van der Waals surface area (Å²) in [4.78, 5) is 16.4. The second kappa shape index (κ2) is 8.24. The molecule has 1 N–H and O–H groups in total. The SMILES string of the molecule is C=CCn1c(SC(C)C(=O)Nc2nccs2)nnc1-c1ccc(F)cc1. The van der Waals surface area contributed by atoms with Crippen molar-refractivity contribution >= 4 is 34.1 Å². The molecule has 9 heteroatoms. The summed E-state index contributed by atoms with van der Waals surface area (Å²) in [5.41, 5.74) is 0.743. The molecule has 1 unspecified atom stereocenters. The Balaban J connectivity index is 1.79. The maximum atomic E-state index is 13.2. The molecule has 134 valence electrons. The van der Waals surface area contributed by atoms with E-state index in [1.54, 1.807) is 36.7 Å². The van der Waals surface area contributed by atoms with E-state index in [2.05, 4.69) is 27.1 Å². The summed E-state index contributed by atoms with van der Waals surface area (Å²) in [6, 6.07) is 6.04. The minimum atomic E-state index is -0.396. The number of thiazole rings is 1. The van der Waals surface area contributed by atoms with Gasteiger partial charge in [-0.1, -0.05) is 17.8 Å². The number of allylic oxidation sites excluding steroid dienone is 1. The molecule has 3 aromatic rings. The molecular formula is C17H16FN5OS2. The molecule has 0 saturated heterocycles. The highest BCUT2D eigenvalue weighted by atomic mass is 32.2. The molecule has 1 atom stereocenters. The van der Waals surface area contributed by atoms with Crippen LogP contribution in [-0.4, -0.2) is 30.9 Å². The third kappa shape index (κ3) is 4.17. The minimum absolute atomic E-state index is 0.165. The molecule has 1 amide bonds. The number of halogens is 1. The number of hydrogen-bond acceptors (Lipinski definition) is 6. The van der Waals surface area contributed by atoms with Gasteiger partial charge in [-0.05, 0) is 31.2 Å². The van der Waals surface area contributed by atoms with Crippen LogP contribution in [-0.2, 0) is 11.3 Å². The van der Waals surface area contributed by atoms with Crippen LogP contribution in [0.5, 0.6) is 0 Å². The van der Waals surface area contributed by atoms with Crippen molar-refractivity contribution in [2.75, 3.05) is 5.32 Å². The number of carbonyl (C=O) groups is 1. The molecule has 0 spiro atoms. The lowest BCUT2D eigenvalue weighted by Crippen LogP contribution is -2.22. The molecule has 6 nitrogen and oxygen atoms in total. The number of amides is 1.